The van der Waals surface area contributed by atoms with Gasteiger partial charge in [0, 0.05) is 34.8 Å². The van der Waals surface area contributed by atoms with Crippen molar-refractivity contribution in [3.63, 3.8) is 0 Å². The van der Waals surface area contributed by atoms with Crippen LogP contribution in [0.25, 0.3) is 0 Å². The second-order valence-corrected chi connectivity index (χ2v) is 8.06. The molecule has 1 aromatic heterocycles. The highest BCUT2D eigenvalue weighted by molar-refractivity contribution is 9.10. The van der Waals surface area contributed by atoms with Crippen molar-refractivity contribution in [1.82, 2.24) is 9.29 Å². The second-order valence-electron chi connectivity index (χ2n) is 4.94. The molecule has 2 rings (SSSR count). The predicted molar refractivity (Wildman–Crippen MR) is 94.3 cm³/mol. The minimum atomic E-state index is -3.52. The Hall–Kier alpha value is -1.15. The number of hydrogen-bond acceptors (Lipinski definition) is 3. The summed E-state index contributed by atoms with van der Waals surface area (Å²) in [6.07, 6.45) is 3.05. The van der Waals surface area contributed by atoms with Crippen molar-refractivity contribution in [1.29, 1.82) is 0 Å². The number of benzene rings is 1. The molecule has 1 aromatic carbocycles. The molecule has 0 atom stereocenters. The van der Waals surface area contributed by atoms with Crippen molar-refractivity contribution in [3.8, 4) is 0 Å². The fourth-order valence-corrected chi connectivity index (χ4v) is 3.57. The zero-order valence-electron chi connectivity index (χ0n) is 12.2. The molecule has 0 aliphatic carbocycles. The number of sulfonamides is 1. The third-order valence-electron chi connectivity index (χ3n) is 3.19. The Morgan fingerprint density at radius 1 is 1.09 bits per heavy atom. The van der Waals surface area contributed by atoms with Gasteiger partial charge in [0.25, 0.3) is 5.56 Å². The Morgan fingerprint density at radius 3 is 2.48 bits per heavy atom. The van der Waals surface area contributed by atoms with Crippen LogP contribution < -0.4 is 10.3 Å². The maximum atomic E-state index is 12.1. The minimum absolute atomic E-state index is 0.0741. The maximum Gasteiger partial charge on any atom is 0.250 e. The molecule has 0 saturated heterocycles. The highest BCUT2D eigenvalue weighted by Crippen LogP contribution is 2.13. The van der Waals surface area contributed by atoms with Crippen LogP contribution in [0.2, 0.25) is 5.02 Å². The van der Waals surface area contributed by atoms with Gasteiger partial charge >= 0.3 is 0 Å². The number of hydrogen-bond donors (Lipinski definition) is 1. The Morgan fingerprint density at radius 2 is 1.78 bits per heavy atom. The van der Waals surface area contributed by atoms with E-state index in [2.05, 4.69) is 20.7 Å². The topological polar surface area (TPSA) is 68.2 Å². The third-order valence-corrected chi connectivity index (χ3v) is 5.39. The van der Waals surface area contributed by atoms with E-state index in [0.717, 1.165) is 4.47 Å². The van der Waals surface area contributed by atoms with Gasteiger partial charge in [-0.15, -0.1) is 0 Å². The first-order chi connectivity index (χ1) is 10.9. The fraction of sp³-hybridized carbons (Fsp3) is 0.267. The standard InChI is InChI=1S/C15H16BrClN2O3S/c16-12-3-8-15(20)19(11-12)10-2-1-9-18-23(21,22)14-6-4-13(17)5-7-14/h3-8,11,18H,1-2,9-10H2. The van der Waals surface area contributed by atoms with E-state index in [1.807, 2.05) is 0 Å². The number of nitrogens with one attached hydrogen (secondary N) is 1. The molecule has 0 aliphatic rings. The van der Waals surface area contributed by atoms with Gasteiger partial charge in [-0.1, -0.05) is 11.6 Å². The SMILES string of the molecule is O=c1ccc(Br)cn1CCCCNS(=O)(=O)c1ccc(Cl)cc1. The molecule has 0 amide bonds. The van der Waals surface area contributed by atoms with E-state index >= 15 is 0 Å². The van der Waals surface area contributed by atoms with Crippen molar-refractivity contribution in [2.45, 2.75) is 24.3 Å². The Bertz CT molecular complexity index is 819. The Labute approximate surface area is 148 Å². The number of aromatic nitrogens is 1. The number of aryl methyl sites for hydroxylation is 1. The molecule has 0 radical (unpaired) electrons. The molecule has 0 fully saturated rings. The molecule has 124 valence electrons. The van der Waals surface area contributed by atoms with Gasteiger partial charge in [-0.05, 0) is 59.1 Å². The van der Waals surface area contributed by atoms with Crippen LogP contribution in [-0.2, 0) is 16.6 Å². The molecular formula is C15H16BrClN2O3S. The first kappa shape index (κ1) is 18.2. The Kier molecular flexibility index (Phi) is 6.41. The lowest BCUT2D eigenvalue weighted by Crippen LogP contribution is -2.25. The van der Waals surface area contributed by atoms with Crippen LogP contribution in [-0.4, -0.2) is 19.5 Å². The van der Waals surface area contributed by atoms with E-state index < -0.39 is 10.0 Å². The molecule has 0 unspecified atom stereocenters. The summed E-state index contributed by atoms with van der Waals surface area (Å²) in [5.41, 5.74) is -0.0741. The molecule has 0 bridgehead atoms. The predicted octanol–water partition coefficient (Wildman–Crippen LogP) is 3.02. The normalized spacial score (nSPS) is 11.6. The molecular weight excluding hydrogens is 404 g/mol. The zero-order valence-corrected chi connectivity index (χ0v) is 15.4. The highest BCUT2D eigenvalue weighted by Gasteiger charge is 2.12. The van der Waals surface area contributed by atoms with E-state index in [9.17, 15) is 13.2 Å². The summed E-state index contributed by atoms with van der Waals surface area (Å²) in [5.74, 6) is 0. The number of nitrogens with zero attached hydrogens (tertiary/aromatic N) is 1. The molecule has 0 spiro atoms. The summed E-state index contributed by atoms with van der Waals surface area (Å²) >= 11 is 9.06. The van der Waals surface area contributed by atoms with Gasteiger partial charge in [0.05, 0.1) is 4.90 Å². The van der Waals surface area contributed by atoms with Crippen LogP contribution >= 0.6 is 27.5 Å². The van der Waals surface area contributed by atoms with Crippen molar-refractivity contribution < 1.29 is 8.42 Å². The van der Waals surface area contributed by atoms with Gasteiger partial charge in [0.15, 0.2) is 0 Å². The van der Waals surface area contributed by atoms with Crippen LogP contribution in [0, 0.1) is 0 Å². The van der Waals surface area contributed by atoms with Gasteiger partial charge in [-0.25, -0.2) is 13.1 Å². The quantitative estimate of drug-likeness (QED) is 0.701. The fourth-order valence-electron chi connectivity index (χ4n) is 1.99. The third kappa shape index (κ3) is 5.46. The van der Waals surface area contributed by atoms with Crippen molar-refractivity contribution in [3.05, 3.63) is 62.4 Å². The lowest BCUT2D eigenvalue weighted by molar-refractivity contribution is 0.561. The monoisotopic (exact) mass is 418 g/mol. The maximum absolute atomic E-state index is 12.1. The number of pyridine rings is 1. The summed E-state index contributed by atoms with van der Waals surface area (Å²) in [4.78, 5) is 11.8. The van der Waals surface area contributed by atoms with E-state index in [0.29, 0.717) is 31.0 Å². The van der Waals surface area contributed by atoms with Crippen LogP contribution in [0.1, 0.15) is 12.8 Å². The van der Waals surface area contributed by atoms with E-state index in [1.165, 1.54) is 30.3 Å². The Balaban J connectivity index is 1.82. The van der Waals surface area contributed by atoms with Gasteiger partial charge in [-0.2, -0.15) is 0 Å². The largest absolute Gasteiger partial charge is 0.314 e. The minimum Gasteiger partial charge on any atom is -0.314 e. The molecule has 5 nitrogen and oxygen atoms in total. The summed E-state index contributed by atoms with van der Waals surface area (Å²) in [6, 6.07) is 9.19. The zero-order chi connectivity index (χ0) is 16.9. The second kappa shape index (κ2) is 8.10. The van der Waals surface area contributed by atoms with Crippen molar-refractivity contribution in [2.75, 3.05) is 6.54 Å². The van der Waals surface area contributed by atoms with Crippen LogP contribution in [0.15, 0.2) is 56.8 Å². The van der Waals surface area contributed by atoms with Gasteiger partial charge in [0.1, 0.15) is 0 Å². The van der Waals surface area contributed by atoms with Crippen LogP contribution in [0.4, 0.5) is 0 Å². The van der Waals surface area contributed by atoms with Gasteiger partial charge in [-0.3, -0.25) is 4.79 Å². The van der Waals surface area contributed by atoms with Crippen LogP contribution in [0.5, 0.6) is 0 Å². The number of rotatable bonds is 7. The van der Waals surface area contributed by atoms with Gasteiger partial charge in [0.2, 0.25) is 10.0 Å². The molecule has 1 heterocycles. The number of unbranched alkanes of at least 4 members (excludes halogenated alkanes) is 1. The lowest BCUT2D eigenvalue weighted by atomic mass is 10.3. The number of halogens is 2. The summed E-state index contributed by atoms with van der Waals surface area (Å²) in [6.45, 7) is 0.856. The van der Waals surface area contributed by atoms with E-state index in [-0.39, 0.29) is 10.5 Å². The molecule has 1 N–H and O–H groups in total. The summed E-state index contributed by atoms with van der Waals surface area (Å²) in [7, 11) is -3.52. The average Bonchev–Trinajstić information content (AvgIpc) is 2.50. The van der Waals surface area contributed by atoms with Crippen molar-refractivity contribution >= 4 is 37.6 Å². The van der Waals surface area contributed by atoms with Crippen molar-refractivity contribution in [2.24, 2.45) is 0 Å². The molecule has 2 aromatic rings. The lowest BCUT2D eigenvalue weighted by Gasteiger charge is -2.08. The van der Waals surface area contributed by atoms with Gasteiger partial charge < -0.3 is 4.57 Å². The smallest absolute Gasteiger partial charge is 0.250 e. The summed E-state index contributed by atoms with van der Waals surface area (Å²) in [5, 5.41) is 0.489. The van der Waals surface area contributed by atoms with E-state index in [4.69, 9.17) is 11.6 Å². The molecule has 0 aliphatic heterocycles. The molecule has 23 heavy (non-hydrogen) atoms. The first-order valence-corrected chi connectivity index (χ1v) is 9.65. The summed E-state index contributed by atoms with van der Waals surface area (Å²) < 4.78 is 29.1. The molecule has 0 saturated carbocycles. The average molecular weight is 420 g/mol. The molecule has 8 heteroatoms. The first-order valence-electron chi connectivity index (χ1n) is 7.00. The van der Waals surface area contributed by atoms with E-state index in [1.54, 1.807) is 16.8 Å². The highest BCUT2D eigenvalue weighted by atomic mass is 79.9. The van der Waals surface area contributed by atoms with Crippen LogP contribution in [0.3, 0.4) is 0 Å².